The van der Waals surface area contributed by atoms with Crippen molar-refractivity contribution in [3.05, 3.63) is 22.7 Å². The van der Waals surface area contributed by atoms with Crippen molar-refractivity contribution in [1.82, 2.24) is 15.5 Å². The fourth-order valence-corrected chi connectivity index (χ4v) is 3.62. The Balaban J connectivity index is 0.00000392. The molecule has 8 heteroatoms. The van der Waals surface area contributed by atoms with Gasteiger partial charge >= 0.3 is 0 Å². The van der Waals surface area contributed by atoms with Gasteiger partial charge in [0.05, 0.1) is 18.7 Å². The quantitative estimate of drug-likeness (QED) is 0.323. The minimum Gasteiger partial charge on any atom is -0.493 e. The van der Waals surface area contributed by atoms with Crippen LogP contribution in [0, 0.1) is 5.92 Å². The van der Waals surface area contributed by atoms with Crippen molar-refractivity contribution in [1.29, 1.82) is 0 Å². The van der Waals surface area contributed by atoms with Gasteiger partial charge in [-0.05, 0) is 44.4 Å². The van der Waals surface area contributed by atoms with Gasteiger partial charge in [0, 0.05) is 38.8 Å². The molecule has 1 fully saturated rings. The molecule has 1 aromatic carbocycles. The summed E-state index contributed by atoms with van der Waals surface area (Å²) in [4.78, 5) is 6.86. The fourth-order valence-electron chi connectivity index (χ4n) is 3.33. The molecule has 1 aliphatic heterocycles. The predicted octanol–water partition coefficient (Wildman–Crippen LogP) is 3.76. The number of hydrogen-bond acceptors (Lipinski definition) is 4. The molecule has 0 amide bonds. The van der Waals surface area contributed by atoms with Gasteiger partial charge in [0.15, 0.2) is 17.5 Å². The molecule has 0 aliphatic carbocycles. The second-order valence-corrected chi connectivity index (χ2v) is 7.65. The molecule has 0 spiro atoms. The molecule has 1 aromatic rings. The summed E-state index contributed by atoms with van der Waals surface area (Å²) in [5, 5.41) is 7.48. The molecular formula is C20H34ClIN4O2. The van der Waals surface area contributed by atoms with E-state index in [9.17, 15) is 0 Å². The highest BCUT2D eigenvalue weighted by atomic mass is 127. The second kappa shape index (κ2) is 11.9. The summed E-state index contributed by atoms with van der Waals surface area (Å²) in [5.41, 5.74) is 1.01. The van der Waals surface area contributed by atoms with Gasteiger partial charge in [-0.15, -0.1) is 24.0 Å². The van der Waals surface area contributed by atoms with E-state index >= 15 is 0 Å². The van der Waals surface area contributed by atoms with Crippen LogP contribution in [-0.2, 0) is 6.54 Å². The number of nitrogens with one attached hydrogen (secondary N) is 2. The van der Waals surface area contributed by atoms with Crippen molar-refractivity contribution in [2.24, 2.45) is 10.9 Å². The first-order valence-electron chi connectivity index (χ1n) is 9.60. The highest BCUT2D eigenvalue weighted by molar-refractivity contribution is 14.0. The Kier molecular flexibility index (Phi) is 10.7. The van der Waals surface area contributed by atoms with Gasteiger partial charge < -0.3 is 20.1 Å². The van der Waals surface area contributed by atoms with Crippen LogP contribution < -0.4 is 20.1 Å². The van der Waals surface area contributed by atoms with Crippen LogP contribution in [0.3, 0.4) is 0 Å². The molecule has 0 saturated carbocycles. The third kappa shape index (κ3) is 6.56. The third-order valence-corrected chi connectivity index (χ3v) is 5.24. The molecule has 2 N–H and O–H groups in total. The lowest BCUT2D eigenvalue weighted by atomic mass is 10.1. The number of guanidine groups is 1. The zero-order valence-electron chi connectivity index (χ0n) is 17.7. The Morgan fingerprint density at radius 1 is 1.36 bits per heavy atom. The number of likely N-dealkylation sites (tertiary alicyclic amines) is 1. The van der Waals surface area contributed by atoms with Crippen LogP contribution in [0.2, 0.25) is 5.02 Å². The Bertz CT molecular complexity index is 657. The van der Waals surface area contributed by atoms with E-state index in [0.717, 1.165) is 24.6 Å². The van der Waals surface area contributed by atoms with E-state index in [1.807, 2.05) is 19.1 Å². The Labute approximate surface area is 191 Å². The Morgan fingerprint density at radius 2 is 2.07 bits per heavy atom. The maximum Gasteiger partial charge on any atom is 0.191 e. The van der Waals surface area contributed by atoms with E-state index in [4.69, 9.17) is 21.1 Å². The van der Waals surface area contributed by atoms with E-state index in [2.05, 4.69) is 41.3 Å². The maximum atomic E-state index is 6.36. The average molecular weight is 525 g/mol. The summed E-state index contributed by atoms with van der Waals surface area (Å²) in [5.74, 6) is 2.59. The van der Waals surface area contributed by atoms with Gasteiger partial charge in [0.2, 0.25) is 0 Å². The fraction of sp³-hybridized carbons (Fsp3) is 0.650. The number of methoxy groups -OCH3 is 1. The first-order valence-corrected chi connectivity index (χ1v) is 9.97. The van der Waals surface area contributed by atoms with Crippen molar-refractivity contribution >= 4 is 41.5 Å². The van der Waals surface area contributed by atoms with E-state index in [0.29, 0.717) is 47.7 Å². The largest absolute Gasteiger partial charge is 0.493 e. The van der Waals surface area contributed by atoms with Crippen molar-refractivity contribution in [2.45, 2.75) is 46.3 Å². The van der Waals surface area contributed by atoms with Crippen LogP contribution >= 0.6 is 35.6 Å². The summed E-state index contributed by atoms with van der Waals surface area (Å²) in [6.07, 6.45) is 0. The molecular weight excluding hydrogens is 491 g/mol. The summed E-state index contributed by atoms with van der Waals surface area (Å²) in [7, 11) is 3.41. The maximum absolute atomic E-state index is 6.36. The summed E-state index contributed by atoms with van der Waals surface area (Å²) in [6, 6.07) is 4.79. The number of rotatable bonds is 7. The molecule has 6 nitrogen and oxygen atoms in total. The van der Waals surface area contributed by atoms with Gasteiger partial charge in [-0.1, -0.05) is 18.5 Å². The van der Waals surface area contributed by atoms with Gasteiger partial charge in [0.1, 0.15) is 0 Å². The van der Waals surface area contributed by atoms with Crippen molar-refractivity contribution < 1.29 is 9.47 Å². The molecule has 1 heterocycles. The minimum atomic E-state index is 0. The summed E-state index contributed by atoms with van der Waals surface area (Å²) in [6.45, 7) is 12.0. The van der Waals surface area contributed by atoms with Gasteiger partial charge in [-0.25, -0.2) is 0 Å². The zero-order valence-corrected chi connectivity index (χ0v) is 20.8. The lowest BCUT2D eigenvalue weighted by molar-refractivity contribution is 0.265. The molecule has 0 radical (unpaired) electrons. The topological polar surface area (TPSA) is 58.1 Å². The number of benzene rings is 1. The van der Waals surface area contributed by atoms with Crippen molar-refractivity contribution in [3.8, 4) is 11.5 Å². The molecule has 2 unspecified atom stereocenters. The van der Waals surface area contributed by atoms with E-state index in [-0.39, 0.29) is 24.0 Å². The van der Waals surface area contributed by atoms with Gasteiger partial charge in [0.25, 0.3) is 0 Å². The lowest BCUT2D eigenvalue weighted by Gasteiger charge is -2.22. The molecule has 0 bridgehead atoms. The first kappa shape index (κ1) is 25.1. The van der Waals surface area contributed by atoms with Crippen LogP contribution in [-0.4, -0.2) is 56.8 Å². The molecule has 28 heavy (non-hydrogen) atoms. The smallest absolute Gasteiger partial charge is 0.191 e. The van der Waals surface area contributed by atoms with Gasteiger partial charge in [-0.2, -0.15) is 0 Å². The zero-order chi connectivity index (χ0) is 20.0. The standard InChI is InChI=1S/C20H33ClN4O2.HI/c1-7-27-19-16(21)8-15(9-18(19)26-6)10-23-20(22-5)24-17-12-25(13(2)3)11-14(17)4;/h8-9,13-14,17H,7,10-12H2,1-6H3,(H2,22,23,24);1H. The number of aliphatic imine (C=N–C) groups is 1. The van der Waals surface area contributed by atoms with E-state index < -0.39 is 0 Å². The predicted molar refractivity (Wildman–Crippen MR) is 128 cm³/mol. The van der Waals surface area contributed by atoms with E-state index in [1.165, 1.54) is 0 Å². The molecule has 160 valence electrons. The minimum absolute atomic E-state index is 0. The van der Waals surface area contributed by atoms with Crippen molar-refractivity contribution in [2.75, 3.05) is 33.9 Å². The molecule has 2 atom stereocenters. The Morgan fingerprint density at radius 3 is 2.61 bits per heavy atom. The summed E-state index contributed by atoms with van der Waals surface area (Å²) < 4.78 is 11.0. The number of nitrogens with zero attached hydrogens (tertiary/aromatic N) is 2. The average Bonchev–Trinajstić information content (AvgIpc) is 3.01. The SMILES string of the molecule is CCOc1c(Cl)cc(CNC(=NC)NC2CN(C(C)C)CC2C)cc1OC.I. The van der Waals surface area contributed by atoms with Crippen LogP contribution in [0.1, 0.15) is 33.3 Å². The van der Waals surface area contributed by atoms with E-state index in [1.54, 1.807) is 14.2 Å². The summed E-state index contributed by atoms with van der Waals surface area (Å²) >= 11 is 6.36. The van der Waals surface area contributed by atoms with Crippen molar-refractivity contribution in [3.63, 3.8) is 0 Å². The van der Waals surface area contributed by atoms with Crippen LogP contribution in [0.4, 0.5) is 0 Å². The molecule has 2 rings (SSSR count). The first-order chi connectivity index (χ1) is 12.9. The highest BCUT2D eigenvalue weighted by Gasteiger charge is 2.31. The van der Waals surface area contributed by atoms with Crippen LogP contribution in [0.25, 0.3) is 0 Å². The molecule has 1 saturated heterocycles. The number of hydrogen-bond donors (Lipinski definition) is 2. The third-order valence-electron chi connectivity index (χ3n) is 4.95. The normalized spacial score (nSPS) is 20.1. The molecule has 0 aromatic heterocycles. The van der Waals surface area contributed by atoms with Crippen LogP contribution in [0.15, 0.2) is 17.1 Å². The lowest BCUT2D eigenvalue weighted by Crippen LogP contribution is -2.46. The molecule has 1 aliphatic rings. The highest BCUT2D eigenvalue weighted by Crippen LogP contribution is 2.36. The number of halogens is 2. The van der Waals surface area contributed by atoms with Gasteiger partial charge in [-0.3, -0.25) is 9.89 Å². The Hall–Kier alpha value is -0.930. The monoisotopic (exact) mass is 524 g/mol. The number of ether oxygens (including phenoxy) is 2. The van der Waals surface area contributed by atoms with Crippen LogP contribution in [0.5, 0.6) is 11.5 Å². The second-order valence-electron chi connectivity index (χ2n) is 7.24.